The van der Waals surface area contributed by atoms with Crippen molar-refractivity contribution < 1.29 is 14.0 Å². The molecule has 2 aliphatic rings. The van der Waals surface area contributed by atoms with Gasteiger partial charge in [-0.25, -0.2) is 0 Å². The summed E-state index contributed by atoms with van der Waals surface area (Å²) in [6.45, 7) is 4.86. The molecule has 3 nitrogen and oxygen atoms in total. The Morgan fingerprint density at radius 3 is 2.61 bits per heavy atom. The summed E-state index contributed by atoms with van der Waals surface area (Å²) >= 11 is 0. The van der Waals surface area contributed by atoms with Crippen molar-refractivity contribution in [3.63, 3.8) is 0 Å². The molecule has 0 spiro atoms. The fraction of sp³-hybridized carbons (Fsp3) is 0.250. The van der Waals surface area contributed by atoms with Crippen molar-refractivity contribution >= 4 is 17.5 Å². The lowest BCUT2D eigenvalue weighted by molar-refractivity contribution is -0.401. The topological polar surface area (TPSA) is 21.5 Å². The lowest BCUT2D eigenvalue weighted by Crippen LogP contribution is -2.26. The van der Waals surface area contributed by atoms with Crippen LogP contribution in [0.3, 0.4) is 0 Å². The summed E-state index contributed by atoms with van der Waals surface area (Å²) in [6, 6.07) is 14.6. The van der Waals surface area contributed by atoms with Crippen LogP contribution in [0.5, 0.6) is 11.5 Å². The molecule has 2 heterocycles. The Morgan fingerprint density at radius 2 is 1.78 bits per heavy atom. The smallest absolute Gasteiger partial charge is 0.231 e. The lowest BCUT2D eigenvalue weighted by atomic mass is 9.81. The number of nitrogens with zero attached hydrogens (tertiary/aromatic N) is 1. The van der Waals surface area contributed by atoms with E-state index in [-0.39, 0.29) is 5.41 Å². The molecule has 0 aromatic heterocycles. The molecule has 116 valence electrons. The van der Waals surface area contributed by atoms with Crippen LogP contribution < -0.4 is 9.47 Å². The molecule has 0 bridgehead atoms. The summed E-state index contributed by atoms with van der Waals surface area (Å²) in [5.74, 6) is 1.64. The first-order chi connectivity index (χ1) is 11.1. The highest BCUT2D eigenvalue weighted by Crippen LogP contribution is 2.39. The van der Waals surface area contributed by atoms with E-state index >= 15 is 0 Å². The third-order valence-corrected chi connectivity index (χ3v) is 4.77. The van der Waals surface area contributed by atoms with Gasteiger partial charge in [-0.15, -0.1) is 0 Å². The summed E-state index contributed by atoms with van der Waals surface area (Å²) < 4.78 is 13.1. The van der Waals surface area contributed by atoms with Gasteiger partial charge < -0.3 is 9.47 Å². The van der Waals surface area contributed by atoms with Gasteiger partial charge in [0.15, 0.2) is 17.2 Å². The van der Waals surface area contributed by atoms with Gasteiger partial charge in [-0.1, -0.05) is 24.3 Å². The van der Waals surface area contributed by atoms with Crippen LogP contribution in [0.25, 0.3) is 6.08 Å². The van der Waals surface area contributed by atoms with Crippen molar-refractivity contribution in [2.24, 2.45) is 0 Å². The minimum absolute atomic E-state index is 0.00180. The summed E-state index contributed by atoms with van der Waals surface area (Å²) in [4.78, 5) is 0. The fourth-order valence-electron chi connectivity index (χ4n) is 3.49. The summed E-state index contributed by atoms with van der Waals surface area (Å²) in [7, 11) is 2.13. The largest absolute Gasteiger partial charge is 0.454 e. The Labute approximate surface area is 136 Å². The maximum Gasteiger partial charge on any atom is 0.231 e. The van der Waals surface area contributed by atoms with Crippen molar-refractivity contribution in [1.82, 2.24) is 0 Å². The summed E-state index contributed by atoms with van der Waals surface area (Å²) in [5, 5.41) is 0. The van der Waals surface area contributed by atoms with Crippen LogP contribution in [0, 0.1) is 0 Å². The number of fused-ring (bicyclic) bond motifs is 2. The molecule has 0 amide bonds. The highest BCUT2D eigenvalue weighted by atomic mass is 16.7. The predicted molar refractivity (Wildman–Crippen MR) is 91.9 cm³/mol. The Morgan fingerprint density at radius 1 is 1.00 bits per heavy atom. The molecule has 0 atom stereocenters. The van der Waals surface area contributed by atoms with E-state index in [0.717, 1.165) is 17.1 Å². The Bertz CT molecular complexity index is 846. The van der Waals surface area contributed by atoms with E-state index in [9.17, 15) is 0 Å². The maximum atomic E-state index is 5.45. The molecule has 23 heavy (non-hydrogen) atoms. The highest BCUT2D eigenvalue weighted by molar-refractivity contribution is 6.05. The number of hydrogen-bond acceptors (Lipinski definition) is 2. The standard InChI is InChI=1S/C20H20NO2/c1-20(2)15-6-4-5-7-16(15)21(3)19(20)11-9-14-8-10-17-18(12-14)23-13-22-17/h4-12H,13H2,1-3H3/q+1. The summed E-state index contributed by atoms with van der Waals surface area (Å²) in [5.41, 5.74) is 5.05. The number of benzene rings is 2. The highest BCUT2D eigenvalue weighted by Gasteiger charge is 2.42. The van der Waals surface area contributed by atoms with Crippen molar-refractivity contribution in [1.29, 1.82) is 0 Å². The zero-order chi connectivity index (χ0) is 16.0. The normalized spacial score (nSPS) is 17.9. The number of para-hydroxylation sites is 1. The lowest BCUT2D eigenvalue weighted by Gasteiger charge is -2.15. The third-order valence-electron chi connectivity index (χ3n) is 4.77. The Hall–Kier alpha value is -2.55. The van der Waals surface area contributed by atoms with Crippen molar-refractivity contribution in [3.05, 3.63) is 59.7 Å². The van der Waals surface area contributed by atoms with E-state index in [4.69, 9.17) is 9.47 Å². The van der Waals surface area contributed by atoms with E-state index in [2.05, 4.69) is 68.0 Å². The quantitative estimate of drug-likeness (QED) is 0.778. The van der Waals surface area contributed by atoms with Gasteiger partial charge in [-0.2, -0.15) is 4.58 Å². The second kappa shape index (κ2) is 4.98. The number of hydrogen-bond donors (Lipinski definition) is 0. The van der Waals surface area contributed by atoms with E-state index in [1.165, 1.54) is 17.0 Å². The van der Waals surface area contributed by atoms with Gasteiger partial charge in [0, 0.05) is 17.7 Å². The minimum Gasteiger partial charge on any atom is -0.454 e. The SMILES string of the molecule is C[N+]1=C(C=Cc2ccc3c(c2)OCO3)C(C)(C)c2ccccc21. The third kappa shape index (κ3) is 2.15. The monoisotopic (exact) mass is 306 g/mol. The van der Waals surface area contributed by atoms with Gasteiger partial charge >= 0.3 is 0 Å². The average molecular weight is 306 g/mol. The van der Waals surface area contributed by atoms with Crippen molar-refractivity contribution in [3.8, 4) is 11.5 Å². The molecule has 0 fully saturated rings. The Balaban J connectivity index is 1.70. The van der Waals surface area contributed by atoms with Gasteiger partial charge in [0.25, 0.3) is 0 Å². The number of allylic oxidation sites excluding steroid dienone is 1. The van der Waals surface area contributed by atoms with Crippen molar-refractivity contribution in [2.45, 2.75) is 19.3 Å². The predicted octanol–water partition coefficient (Wildman–Crippen LogP) is 4.13. The van der Waals surface area contributed by atoms with Crippen LogP contribution in [0.2, 0.25) is 0 Å². The first kappa shape index (κ1) is 14.1. The molecule has 0 N–H and O–H groups in total. The molecule has 2 aromatic rings. The molecule has 2 aliphatic heterocycles. The van der Waals surface area contributed by atoms with Crippen LogP contribution in [-0.2, 0) is 5.41 Å². The number of rotatable bonds is 2. The molecular formula is C20H20NO2+. The van der Waals surface area contributed by atoms with Gasteiger partial charge in [-0.3, -0.25) is 0 Å². The molecule has 0 saturated carbocycles. The molecular weight excluding hydrogens is 286 g/mol. The summed E-state index contributed by atoms with van der Waals surface area (Å²) in [6.07, 6.45) is 4.35. The Kier molecular flexibility index (Phi) is 3.05. The second-order valence-electron chi connectivity index (χ2n) is 6.53. The van der Waals surface area contributed by atoms with E-state index in [1.54, 1.807) is 0 Å². The van der Waals surface area contributed by atoms with Crippen LogP contribution in [-0.4, -0.2) is 24.1 Å². The molecule has 0 radical (unpaired) electrons. The minimum atomic E-state index is -0.00180. The van der Waals surface area contributed by atoms with Gasteiger partial charge in [0.2, 0.25) is 12.5 Å². The van der Waals surface area contributed by atoms with Crippen LogP contribution >= 0.6 is 0 Å². The van der Waals surface area contributed by atoms with E-state index < -0.39 is 0 Å². The molecule has 0 saturated heterocycles. The fourth-order valence-corrected chi connectivity index (χ4v) is 3.49. The molecule has 4 rings (SSSR count). The average Bonchev–Trinajstić information content (AvgIpc) is 3.08. The van der Waals surface area contributed by atoms with E-state index in [1.807, 2.05) is 12.1 Å². The zero-order valence-electron chi connectivity index (χ0n) is 13.7. The zero-order valence-corrected chi connectivity index (χ0v) is 13.7. The molecule has 0 aliphatic carbocycles. The first-order valence-electron chi connectivity index (χ1n) is 7.86. The van der Waals surface area contributed by atoms with Crippen LogP contribution in [0.4, 0.5) is 5.69 Å². The molecule has 2 aromatic carbocycles. The van der Waals surface area contributed by atoms with Gasteiger partial charge in [-0.05, 0) is 37.6 Å². The second-order valence-corrected chi connectivity index (χ2v) is 6.53. The first-order valence-corrected chi connectivity index (χ1v) is 7.86. The van der Waals surface area contributed by atoms with Crippen LogP contribution in [0.15, 0.2) is 48.5 Å². The van der Waals surface area contributed by atoms with Gasteiger partial charge in [0.1, 0.15) is 7.05 Å². The van der Waals surface area contributed by atoms with Gasteiger partial charge in [0.05, 0.1) is 5.41 Å². The van der Waals surface area contributed by atoms with Crippen molar-refractivity contribution in [2.75, 3.05) is 13.8 Å². The maximum absolute atomic E-state index is 5.45. The number of ether oxygens (including phenoxy) is 2. The molecule has 0 unspecified atom stereocenters. The van der Waals surface area contributed by atoms with Crippen LogP contribution in [0.1, 0.15) is 25.0 Å². The van der Waals surface area contributed by atoms with E-state index in [0.29, 0.717) is 6.79 Å². The molecule has 3 heteroatoms.